The number of ketones is 1. The van der Waals surface area contributed by atoms with Gasteiger partial charge in [-0.15, -0.1) is 0 Å². The number of furan rings is 1. The number of carbonyl (C=O) groups is 1. The predicted molar refractivity (Wildman–Crippen MR) is 56.8 cm³/mol. The van der Waals surface area contributed by atoms with Crippen LogP contribution in [0.2, 0.25) is 0 Å². The topological polar surface area (TPSA) is 30.2 Å². The number of rotatable bonds is 1. The molecule has 1 aromatic carbocycles. The monoisotopic (exact) mass is 198 g/mol. The van der Waals surface area contributed by atoms with Crippen LogP contribution >= 0.6 is 0 Å². The summed E-state index contributed by atoms with van der Waals surface area (Å²) in [5, 5.41) is 0. The van der Waals surface area contributed by atoms with Crippen LogP contribution < -0.4 is 0 Å². The van der Waals surface area contributed by atoms with Crippen molar-refractivity contribution in [1.29, 1.82) is 0 Å². The lowest BCUT2D eigenvalue weighted by atomic mass is 10.0. The van der Waals surface area contributed by atoms with Crippen LogP contribution in [0.3, 0.4) is 0 Å². The van der Waals surface area contributed by atoms with Gasteiger partial charge >= 0.3 is 0 Å². The molecule has 0 N–H and O–H groups in total. The lowest BCUT2D eigenvalue weighted by Crippen LogP contribution is -1.90. The van der Waals surface area contributed by atoms with E-state index in [0.29, 0.717) is 6.42 Å². The number of Topliss-reactive ketones (excluding diaryl/α,β-unsaturated/α-hetero) is 1. The Hall–Kier alpha value is -1.83. The molecule has 0 fully saturated rings. The molecule has 2 heteroatoms. The smallest absolute Gasteiger partial charge is 0.163 e. The fourth-order valence-electron chi connectivity index (χ4n) is 2.05. The number of fused-ring (bicyclic) bond motifs is 1. The molecule has 74 valence electrons. The van der Waals surface area contributed by atoms with Crippen molar-refractivity contribution in [2.24, 2.45) is 0 Å². The fraction of sp³-hybridized carbons (Fsp3) is 0.154. The Morgan fingerprint density at radius 1 is 1.13 bits per heavy atom. The summed E-state index contributed by atoms with van der Waals surface area (Å²) in [6.07, 6.45) is 3.17. The second-order valence-corrected chi connectivity index (χ2v) is 3.77. The Kier molecular flexibility index (Phi) is 1.75. The van der Waals surface area contributed by atoms with Gasteiger partial charge in [-0.25, -0.2) is 0 Å². The van der Waals surface area contributed by atoms with Crippen molar-refractivity contribution in [1.82, 2.24) is 0 Å². The van der Waals surface area contributed by atoms with E-state index in [1.54, 1.807) is 6.26 Å². The third-order valence-corrected chi connectivity index (χ3v) is 2.83. The molecule has 2 aromatic rings. The zero-order valence-electron chi connectivity index (χ0n) is 8.19. The van der Waals surface area contributed by atoms with Crippen molar-refractivity contribution in [3.05, 3.63) is 47.7 Å². The Balaban J connectivity index is 2.11. The lowest BCUT2D eigenvalue weighted by Gasteiger charge is -2.00. The zero-order chi connectivity index (χ0) is 10.3. The standard InChI is InChI=1S/C13H10O2/c14-12-6-4-9-8-10(3-5-11(9)12)13-2-1-7-15-13/h1-3,5,7-8H,4,6H2. The largest absolute Gasteiger partial charge is 0.464 e. The molecule has 0 spiro atoms. The van der Waals surface area contributed by atoms with Crippen LogP contribution in [0.25, 0.3) is 11.3 Å². The maximum atomic E-state index is 11.4. The maximum absolute atomic E-state index is 11.4. The minimum absolute atomic E-state index is 0.260. The van der Waals surface area contributed by atoms with Gasteiger partial charge in [0.2, 0.25) is 0 Å². The molecule has 0 aliphatic heterocycles. The van der Waals surface area contributed by atoms with Crippen molar-refractivity contribution in [2.75, 3.05) is 0 Å². The van der Waals surface area contributed by atoms with E-state index in [1.807, 2.05) is 24.3 Å². The summed E-state index contributed by atoms with van der Waals surface area (Å²) in [7, 11) is 0. The van der Waals surface area contributed by atoms with Crippen molar-refractivity contribution >= 4 is 5.78 Å². The van der Waals surface area contributed by atoms with Crippen molar-refractivity contribution in [3.8, 4) is 11.3 Å². The van der Waals surface area contributed by atoms with Gasteiger partial charge in [0, 0.05) is 17.5 Å². The first-order valence-corrected chi connectivity index (χ1v) is 5.04. The van der Waals surface area contributed by atoms with Gasteiger partial charge in [-0.1, -0.05) is 12.1 Å². The van der Waals surface area contributed by atoms with E-state index in [-0.39, 0.29) is 5.78 Å². The minimum Gasteiger partial charge on any atom is -0.464 e. The highest BCUT2D eigenvalue weighted by Gasteiger charge is 2.19. The summed E-state index contributed by atoms with van der Waals surface area (Å²) >= 11 is 0. The second kappa shape index (κ2) is 3.09. The molecule has 0 atom stereocenters. The van der Waals surface area contributed by atoms with Crippen LogP contribution in [0.1, 0.15) is 22.3 Å². The predicted octanol–water partition coefficient (Wildman–Crippen LogP) is 3.08. The van der Waals surface area contributed by atoms with E-state index in [2.05, 4.69) is 6.07 Å². The van der Waals surface area contributed by atoms with Crippen LogP contribution in [0.5, 0.6) is 0 Å². The van der Waals surface area contributed by atoms with E-state index in [4.69, 9.17) is 4.42 Å². The zero-order valence-corrected chi connectivity index (χ0v) is 8.19. The van der Waals surface area contributed by atoms with E-state index in [1.165, 1.54) is 0 Å². The number of benzene rings is 1. The molecule has 1 heterocycles. The van der Waals surface area contributed by atoms with Gasteiger partial charge in [0.05, 0.1) is 6.26 Å². The first-order chi connectivity index (χ1) is 7.34. The Morgan fingerprint density at radius 2 is 2.07 bits per heavy atom. The van der Waals surface area contributed by atoms with Gasteiger partial charge in [0.15, 0.2) is 5.78 Å². The highest BCUT2D eigenvalue weighted by atomic mass is 16.3. The van der Waals surface area contributed by atoms with Crippen LogP contribution in [0.4, 0.5) is 0 Å². The number of carbonyl (C=O) groups excluding carboxylic acids is 1. The molecule has 1 aliphatic carbocycles. The van der Waals surface area contributed by atoms with Crippen LogP contribution in [-0.2, 0) is 6.42 Å². The van der Waals surface area contributed by atoms with Crippen molar-refractivity contribution in [3.63, 3.8) is 0 Å². The molecule has 3 rings (SSSR count). The average Bonchev–Trinajstić information content (AvgIpc) is 2.88. The van der Waals surface area contributed by atoms with Gasteiger partial charge in [0.1, 0.15) is 5.76 Å². The molecule has 15 heavy (non-hydrogen) atoms. The minimum atomic E-state index is 0.260. The Labute approximate surface area is 87.5 Å². The molecule has 1 aromatic heterocycles. The highest BCUT2D eigenvalue weighted by molar-refractivity contribution is 6.00. The van der Waals surface area contributed by atoms with Gasteiger partial charge in [0.25, 0.3) is 0 Å². The first-order valence-electron chi connectivity index (χ1n) is 5.04. The normalized spacial score (nSPS) is 14.3. The molecule has 0 saturated heterocycles. The van der Waals surface area contributed by atoms with Crippen LogP contribution in [-0.4, -0.2) is 5.78 Å². The summed E-state index contributed by atoms with van der Waals surface area (Å²) in [6.45, 7) is 0. The Morgan fingerprint density at radius 3 is 2.87 bits per heavy atom. The van der Waals surface area contributed by atoms with Crippen LogP contribution in [0.15, 0.2) is 41.0 Å². The maximum Gasteiger partial charge on any atom is 0.163 e. The molecular formula is C13H10O2. The molecule has 2 nitrogen and oxygen atoms in total. The lowest BCUT2D eigenvalue weighted by molar-refractivity contribution is 0.0994. The average molecular weight is 198 g/mol. The number of aryl methyl sites for hydroxylation is 1. The summed E-state index contributed by atoms with van der Waals surface area (Å²) < 4.78 is 5.32. The summed E-state index contributed by atoms with van der Waals surface area (Å²) in [4.78, 5) is 11.4. The highest BCUT2D eigenvalue weighted by Crippen LogP contribution is 2.28. The van der Waals surface area contributed by atoms with Crippen LogP contribution in [0, 0.1) is 0 Å². The summed E-state index contributed by atoms with van der Waals surface area (Å²) in [5.74, 6) is 1.12. The molecular weight excluding hydrogens is 188 g/mol. The quantitative estimate of drug-likeness (QED) is 0.704. The fourth-order valence-corrected chi connectivity index (χ4v) is 2.05. The van der Waals surface area contributed by atoms with E-state index < -0.39 is 0 Å². The molecule has 1 aliphatic rings. The summed E-state index contributed by atoms with van der Waals surface area (Å²) in [5.41, 5.74) is 3.08. The van der Waals surface area contributed by atoms with Gasteiger partial charge in [-0.2, -0.15) is 0 Å². The first kappa shape index (κ1) is 8.48. The molecule has 0 radical (unpaired) electrons. The van der Waals surface area contributed by atoms with Crippen molar-refractivity contribution in [2.45, 2.75) is 12.8 Å². The van der Waals surface area contributed by atoms with Gasteiger partial charge < -0.3 is 4.42 Å². The Bertz CT molecular complexity index is 509. The van der Waals surface area contributed by atoms with E-state index >= 15 is 0 Å². The summed E-state index contributed by atoms with van der Waals surface area (Å²) in [6, 6.07) is 9.70. The third-order valence-electron chi connectivity index (χ3n) is 2.83. The molecule has 0 bridgehead atoms. The van der Waals surface area contributed by atoms with E-state index in [0.717, 1.165) is 28.9 Å². The van der Waals surface area contributed by atoms with E-state index in [9.17, 15) is 4.79 Å². The SMILES string of the molecule is O=C1CCc2cc(-c3ccco3)ccc21. The number of hydrogen-bond acceptors (Lipinski definition) is 2. The van der Waals surface area contributed by atoms with Gasteiger partial charge in [-0.05, 0) is 30.2 Å². The molecule has 0 unspecified atom stereocenters. The second-order valence-electron chi connectivity index (χ2n) is 3.77. The molecule has 0 saturated carbocycles. The third kappa shape index (κ3) is 1.30. The van der Waals surface area contributed by atoms with Gasteiger partial charge in [-0.3, -0.25) is 4.79 Å². The number of hydrogen-bond donors (Lipinski definition) is 0. The molecule has 0 amide bonds. The van der Waals surface area contributed by atoms with Crippen molar-refractivity contribution < 1.29 is 9.21 Å².